The monoisotopic (exact) mass is 312 g/mol. The first-order valence-corrected chi connectivity index (χ1v) is 7.69. The summed E-state index contributed by atoms with van der Waals surface area (Å²) in [5.74, 6) is 0.179. The van der Waals surface area contributed by atoms with Crippen LogP contribution < -0.4 is 10.1 Å². The van der Waals surface area contributed by atoms with Gasteiger partial charge in [0.05, 0.1) is 18.0 Å². The highest BCUT2D eigenvalue weighted by Crippen LogP contribution is 2.27. The Balaban J connectivity index is 1.87. The summed E-state index contributed by atoms with van der Waals surface area (Å²) in [6.07, 6.45) is 6.45. The number of carbonyl (C=O) groups excluding carboxylic acids is 1. The minimum Gasteiger partial charge on any atom is -0.462 e. The van der Waals surface area contributed by atoms with Crippen molar-refractivity contribution < 1.29 is 9.53 Å². The predicted molar refractivity (Wildman–Crippen MR) is 88.3 cm³/mol. The van der Waals surface area contributed by atoms with Crippen molar-refractivity contribution in [3.8, 4) is 5.75 Å². The highest BCUT2D eigenvalue weighted by molar-refractivity contribution is 6.01. The van der Waals surface area contributed by atoms with E-state index in [0.29, 0.717) is 11.3 Å². The number of hydrogen-bond donors (Lipinski definition) is 1. The van der Waals surface area contributed by atoms with E-state index in [-0.39, 0.29) is 17.6 Å². The van der Waals surface area contributed by atoms with Gasteiger partial charge in [-0.1, -0.05) is 6.58 Å². The number of carbonyl (C=O) groups is 1. The van der Waals surface area contributed by atoms with Crippen molar-refractivity contribution >= 4 is 16.8 Å². The fourth-order valence-corrected chi connectivity index (χ4v) is 2.80. The van der Waals surface area contributed by atoms with Crippen molar-refractivity contribution in [2.75, 3.05) is 20.1 Å². The van der Waals surface area contributed by atoms with Crippen LogP contribution >= 0.6 is 0 Å². The molecule has 0 bridgehead atoms. The summed E-state index contributed by atoms with van der Waals surface area (Å²) in [6, 6.07) is 3.83. The Labute approximate surface area is 135 Å². The molecule has 1 fully saturated rings. The second-order valence-electron chi connectivity index (χ2n) is 5.71. The summed E-state index contributed by atoms with van der Waals surface area (Å²) in [4.78, 5) is 23.4. The minimum absolute atomic E-state index is 0.168. The van der Waals surface area contributed by atoms with Gasteiger partial charge < -0.3 is 15.0 Å². The van der Waals surface area contributed by atoms with Crippen LogP contribution in [0.25, 0.3) is 10.9 Å². The van der Waals surface area contributed by atoms with Gasteiger partial charge in [-0.2, -0.15) is 0 Å². The molecular weight excluding hydrogens is 292 g/mol. The third-order valence-electron chi connectivity index (χ3n) is 4.08. The van der Waals surface area contributed by atoms with Gasteiger partial charge in [0.2, 0.25) is 0 Å². The summed E-state index contributed by atoms with van der Waals surface area (Å²) in [5.41, 5.74) is 0.949. The normalized spacial score (nSPS) is 16.2. The van der Waals surface area contributed by atoms with Crippen molar-refractivity contribution in [1.29, 1.82) is 0 Å². The van der Waals surface area contributed by atoms with Crippen LogP contribution in [-0.2, 0) is 0 Å². The highest BCUT2D eigenvalue weighted by Gasteiger charge is 2.23. The van der Waals surface area contributed by atoms with Crippen LogP contribution in [0.3, 0.4) is 0 Å². The zero-order valence-corrected chi connectivity index (χ0v) is 13.2. The van der Waals surface area contributed by atoms with Crippen molar-refractivity contribution in [2.45, 2.75) is 18.9 Å². The molecule has 2 aromatic heterocycles. The van der Waals surface area contributed by atoms with Crippen LogP contribution in [0.2, 0.25) is 0 Å². The fourth-order valence-electron chi connectivity index (χ4n) is 2.80. The van der Waals surface area contributed by atoms with Gasteiger partial charge in [-0.05, 0) is 45.1 Å². The number of amides is 1. The molecule has 2 aromatic rings. The molecule has 1 N–H and O–H groups in total. The molecule has 6 nitrogen and oxygen atoms in total. The maximum Gasteiger partial charge on any atom is 0.274 e. The van der Waals surface area contributed by atoms with Crippen LogP contribution in [0.15, 0.2) is 37.4 Å². The van der Waals surface area contributed by atoms with Crippen LogP contribution in [-0.4, -0.2) is 47.0 Å². The molecule has 120 valence electrons. The predicted octanol–water partition coefficient (Wildman–Crippen LogP) is 1.98. The summed E-state index contributed by atoms with van der Waals surface area (Å²) in [6.45, 7) is 5.54. The first-order valence-electron chi connectivity index (χ1n) is 7.69. The van der Waals surface area contributed by atoms with E-state index < -0.39 is 0 Å². The van der Waals surface area contributed by atoms with Crippen molar-refractivity contribution in [1.82, 2.24) is 20.2 Å². The smallest absolute Gasteiger partial charge is 0.274 e. The lowest BCUT2D eigenvalue weighted by atomic mass is 10.1. The number of likely N-dealkylation sites (tertiary alicyclic amines) is 1. The molecule has 1 amide bonds. The SMILES string of the molecule is C=COc1c(C(=O)NC2CCN(C)CC2)ncc2ncccc12. The molecule has 0 unspecified atom stereocenters. The van der Waals surface area contributed by atoms with Crippen molar-refractivity contribution in [3.63, 3.8) is 0 Å². The van der Waals surface area contributed by atoms with E-state index in [9.17, 15) is 4.79 Å². The Morgan fingerprint density at radius 1 is 1.43 bits per heavy atom. The van der Waals surface area contributed by atoms with Gasteiger partial charge in [0.25, 0.3) is 5.91 Å². The Hall–Kier alpha value is -2.47. The topological polar surface area (TPSA) is 67.3 Å². The molecule has 0 aliphatic carbocycles. The maximum atomic E-state index is 12.6. The maximum absolute atomic E-state index is 12.6. The van der Waals surface area contributed by atoms with Gasteiger partial charge in [0.15, 0.2) is 11.4 Å². The van der Waals surface area contributed by atoms with Crippen LogP contribution in [0, 0.1) is 0 Å². The van der Waals surface area contributed by atoms with Crippen molar-refractivity contribution in [2.24, 2.45) is 0 Å². The number of ether oxygens (including phenoxy) is 1. The first kappa shape index (κ1) is 15.4. The van der Waals surface area contributed by atoms with E-state index >= 15 is 0 Å². The van der Waals surface area contributed by atoms with E-state index in [1.165, 1.54) is 6.26 Å². The molecule has 0 saturated carbocycles. The molecule has 6 heteroatoms. The van der Waals surface area contributed by atoms with E-state index in [0.717, 1.165) is 31.3 Å². The minimum atomic E-state index is -0.220. The Morgan fingerprint density at radius 2 is 2.22 bits per heavy atom. The summed E-state index contributed by atoms with van der Waals surface area (Å²) >= 11 is 0. The van der Waals surface area contributed by atoms with Gasteiger partial charge in [-0.25, -0.2) is 4.98 Å². The second kappa shape index (κ2) is 6.75. The van der Waals surface area contributed by atoms with Crippen molar-refractivity contribution in [3.05, 3.63) is 43.1 Å². The fraction of sp³-hybridized carbons (Fsp3) is 0.353. The van der Waals surface area contributed by atoms with Gasteiger partial charge in [-0.3, -0.25) is 9.78 Å². The number of rotatable bonds is 4. The van der Waals surface area contributed by atoms with Gasteiger partial charge in [-0.15, -0.1) is 0 Å². The van der Waals surface area contributed by atoms with Crippen LogP contribution in [0.5, 0.6) is 5.75 Å². The molecular formula is C17H20N4O2. The van der Waals surface area contributed by atoms with E-state index in [2.05, 4.69) is 33.8 Å². The number of hydrogen-bond acceptors (Lipinski definition) is 5. The van der Waals surface area contributed by atoms with Crippen LogP contribution in [0.4, 0.5) is 0 Å². The third kappa shape index (κ3) is 3.32. The average Bonchev–Trinajstić information content (AvgIpc) is 2.57. The zero-order chi connectivity index (χ0) is 16.2. The molecule has 1 aliphatic heterocycles. The molecule has 1 saturated heterocycles. The first-order chi connectivity index (χ1) is 11.2. The molecule has 0 radical (unpaired) electrons. The molecule has 0 spiro atoms. The highest BCUT2D eigenvalue weighted by atomic mass is 16.5. The van der Waals surface area contributed by atoms with Gasteiger partial charge >= 0.3 is 0 Å². The average molecular weight is 312 g/mol. The Kier molecular flexibility index (Phi) is 4.52. The lowest BCUT2D eigenvalue weighted by Gasteiger charge is -2.29. The Morgan fingerprint density at radius 3 is 2.96 bits per heavy atom. The third-order valence-corrected chi connectivity index (χ3v) is 4.08. The molecule has 0 atom stereocenters. The van der Waals surface area contributed by atoms with Crippen LogP contribution in [0.1, 0.15) is 23.3 Å². The second-order valence-corrected chi connectivity index (χ2v) is 5.71. The number of piperidine rings is 1. The number of nitrogens with one attached hydrogen (secondary N) is 1. The number of nitrogens with zero attached hydrogens (tertiary/aromatic N) is 3. The molecule has 0 aromatic carbocycles. The molecule has 1 aliphatic rings. The number of pyridine rings is 2. The Bertz CT molecular complexity index is 724. The number of aromatic nitrogens is 2. The molecule has 3 heterocycles. The molecule has 23 heavy (non-hydrogen) atoms. The van der Waals surface area contributed by atoms with Gasteiger partial charge in [0, 0.05) is 17.6 Å². The standard InChI is InChI=1S/C17H20N4O2/c1-3-23-16-13-5-4-8-18-14(13)11-19-15(16)17(22)20-12-6-9-21(2)10-7-12/h3-5,8,11-12H,1,6-7,9-10H2,2H3,(H,20,22). The molecule has 3 rings (SSSR count). The van der Waals surface area contributed by atoms with E-state index in [1.54, 1.807) is 18.5 Å². The quantitative estimate of drug-likeness (QED) is 0.874. The lowest BCUT2D eigenvalue weighted by molar-refractivity contribution is 0.0909. The zero-order valence-electron chi connectivity index (χ0n) is 13.2. The summed E-state index contributed by atoms with van der Waals surface area (Å²) in [7, 11) is 2.09. The summed E-state index contributed by atoms with van der Waals surface area (Å²) in [5, 5.41) is 3.80. The largest absolute Gasteiger partial charge is 0.462 e. The number of fused-ring (bicyclic) bond motifs is 1. The summed E-state index contributed by atoms with van der Waals surface area (Å²) < 4.78 is 5.47. The van der Waals surface area contributed by atoms with E-state index in [1.807, 2.05) is 6.07 Å². The van der Waals surface area contributed by atoms with Gasteiger partial charge in [0.1, 0.15) is 0 Å². The van der Waals surface area contributed by atoms with E-state index in [4.69, 9.17) is 4.74 Å². The lowest BCUT2D eigenvalue weighted by Crippen LogP contribution is -2.43.